The summed E-state index contributed by atoms with van der Waals surface area (Å²) in [7, 11) is 1.92. The molecule has 1 N–H and O–H groups in total. The van der Waals surface area contributed by atoms with Gasteiger partial charge < -0.3 is 9.84 Å². The minimum Gasteiger partial charge on any atom is -0.339 e. The monoisotopic (exact) mass is 217 g/mol. The van der Waals surface area contributed by atoms with Crippen molar-refractivity contribution in [3.8, 4) is 0 Å². The fraction of sp³-hybridized carbons (Fsp3) is 0.333. The maximum absolute atomic E-state index is 5.23. The van der Waals surface area contributed by atoms with Crippen molar-refractivity contribution in [1.82, 2.24) is 15.5 Å². The molecule has 1 aromatic heterocycles. The second kappa shape index (κ2) is 4.90. The molecular weight excluding hydrogens is 202 g/mol. The van der Waals surface area contributed by atoms with E-state index in [-0.39, 0.29) is 5.92 Å². The fourth-order valence-corrected chi connectivity index (χ4v) is 1.69. The molecule has 4 nitrogen and oxygen atoms in total. The highest BCUT2D eigenvalue weighted by atomic mass is 16.5. The first-order valence-electron chi connectivity index (χ1n) is 5.31. The first-order chi connectivity index (χ1) is 7.81. The third-order valence-corrected chi connectivity index (χ3v) is 2.45. The van der Waals surface area contributed by atoms with Gasteiger partial charge in [-0.3, -0.25) is 0 Å². The molecule has 2 rings (SSSR count). The van der Waals surface area contributed by atoms with Gasteiger partial charge >= 0.3 is 0 Å². The summed E-state index contributed by atoms with van der Waals surface area (Å²) in [6.45, 7) is 2.61. The van der Waals surface area contributed by atoms with Gasteiger partial charge in [0.05, 0.1) is 5.92 Å². The van der Waals surface area contributed by atoms with Crippen LogP contribution in [0.25, 0.3) is 0 Å². The molecule has 0 aliphatic carbocycles. The van der Waals surface area contributed by atoms with Crippen molar-refractivity contribution in [2.75, 3.05) is 13.6 Å². The smallest absolute Gasteiger partial charge is 0.235 e. The van der Waals surface area contributed by atoms with Crippen molar-refractivity contribution in [2.24, 2.45) is 0 Å². The molecule has 0 aliphatic heterocycles. The molecule has 1 aromatic carbocycles. The molecule has 1 atom stereocenters. The van der Waals surface area contributed by atoms with Crippen LogP contribution < -0.4 is 5.32 Å². The highest BCUT2D eigenvalue weighted by molar-refractivity contribution is 5.24. The van der Waals surface area contributed by atoms with E-state index in [1.807, 2.05) is 32.2 Å². The van der Waals surface area contributed by atoms with Crippen molar-refractivity contribution in [2.45, 2.75) is 12.8 Å². The summed E-state index contributed by atoms with van der Waals surface area (Å²) < 4.78 is 5.23. The maximum Gasteiger partial charge on any atom is 0.235 e. The van der Waals surface area contributed by atoms with Crippen molar-refractivity contribution in [1.29, 1.82) is 0 Å². The number of hydrogen-bond acceptors (Lipinski definition) is 4. The molecule has 84 valence electrons. The van der Waals surface area contributed by atoms with Gasteiger partial charge in [-0.25, -0.2) is 0 Å². The van der Waals surface area contributed by atoms with Crippen molar-refractivity contribution in [3.63, 3.8) is 0 Å². The van der Waals surface area contributed by atoms with E-state index in [2.05, 4.69) is 27.6 Å². The average molecular weight is 217 g/mol. The number of nitrogens with zero attached hydrogens (tertiary/aromatic N) is 2. The van der Waals surface area contributed by atoms with Gasteiger partial charge in [0, 0.05) is 6.54 Å². The van der Waals surface area contributed by atoms with Crippen LogP contribution in [0.15, 0.2) is 34.9 Å². The Morgan fingerprint density at radius 1 is 1.31 bits per heavy atom. The van der Waals surface area contributed by atoms with Crippen molar-refractivity contribution < 1.29 is 4.52 Å². The predicted octanol–water partition coefficient (Wildman–Crippen LogP) is 1.73. The molecule has 2 aromatic rings. The van der Waals surface area contributed by atoms with Gasteiger partial charge in [0.25, 0.3) is 0 Å². The molecule has 0 fully saturated rings. The Kier molecular flexibility index (Phi) is 3.31. The number of nitrogens with one attached hydrogen (secondary N) is 1. The highest BCUT2D eigenvalue weighted by Crippen LogP contribution is 2.22. The first-order valence-corrected chi connectivity index (χ1v) is 5.31. The Morgan fingerprint density at radius 2 is 2.06 bits per heavy atom. The van der Waals surface area contributed by atoms with Gasteiger partial charge in [-0.15, -0.1) is 0 Å². The normalized spacial score (nSPS) is 12.6. The van der Waals surface area contributed by atoms with Gasteiger partial charge in [-0.05, 0) is 19.5 Å². The lowest BCUT2D eigenvalue weighted by Gasteiger charge is -2.12. The Bertz CT molecular complexity index is 439. The summed E-state index contributed by atoms with van der Waals surface area (Å²) in [4.78, 5) is 4.29. The zero-order valence-corrected chi connectivity index (χ0v) is 9.47. The largest absolute Gasteiger partial charge is 0.339 e. The van der Waals surface area contributed by atoms with E-state index in [9.17, 15) is 0 Å². The van der Waals surface area contributed by atoms with E-state index in [1.54, 1.807) is 0 Å². The Balaban J connectivity index is 2.31. The van der Waals surface area contributed by atoms with Crippen LogP contribution in [-0.2, 0) is 0 Å². The quantitative estimate of drug-likeness (QED) is 0.847. The van der Waals surface area contributed by atoms with Crippen LogP contribution in [0.3, 0.4) is 0 Å². The Labute approximate surface area is 94.7 Å². The van der Waals surface area contributed by atoms with E-state index >= 15 is 0 Å². The zero-order valence-electron chi connectivity index (χ0n) is 9.47. The number of likely N-dealkylation sites (N-methyl/N-ethyl adjacent to an activating group) is 1. The summed E-state index contributed by atoms with van der Waals surface area (Å²) in [5.41, 5.74) is 1.18. The topological polar surface area (TPSA) is 51.0 Å². The lowest BCUT2D eigenvalue weighted by Crippen LogP contribution is -2.18. The van der Waals surface area contributed by atoms with Gasteiger partial charge in [0.2, 0.25) is 5.89 Å². The van der Waals surface area contributed by atoms with Gasteiger partial charge in [-0.2, -0.15) is 4.98 Å². The molecule has 4 heteroatoms. The van der Waals surface area contributed by atoms with Crippen LogP contribution in [0.5, 0.6) is 0 Å². The SMILES string of the molecule is CNCC(c1ccccc1)c1nc(C)no1. The van der Waals surface area contributed by atoms with Crippen molar-refractivity contribution in [3.05, 3.63) is 47.6 Å². The molecule has 16 heavy (non-hydrogen) atoms. The van der Waals surface area contributed by atoms with Crippen LogP contribution in [0.2, 0.25) is 0 Å². The molecule has 0 saturated heterocycles. The summed E-state index contributed by atoms with van der Waals surface area (Å²) >= 11 is 0. The average Bonchev–Trinajstić information content (AvgIpc) is 2.74. The molecule has 0 bridgehead atoms. The first kappa shape index (κ1) is 10.8. The second-order valence-electron chi connectivity index (χ2n) is 3.70. The molecule has 1 unspecified atom stereocenters. The lowest BCUT2D eigenvalue weighted by atomic mass is 9.99. The minimum absolute atomic E-state index is 0.118. The molecule has 0 saturated carbocycles. The Morgan fingerprint density at radius 3 is 2.62 bits per heavy atom. The summed E-state index contributed by atoms with van der Waals surface area (Å²) in [5, 5.41) is 6.98. The van der Waals surface area contributed by atoms with Gasteiger partial charge in [0.1, 0.15) is 0 Å². The molecule has 1 heterocycles. The number of hydrogen-bond donors (Lipinski definition) is 1. The molecular formula is C12H15N3O. The van der Waals surface area contributed by atoms with Crippen LogP contribution >= 0.6 is 0 Å². The van der Waals surface area contributed by atoms with E-state index in [1.165, 1.54) is 5.56 Å². The summed E-state index contributed by atoms with van der Waals surface area (Å²) in [5.74, 6) is 1.46. The van der Waals surface area contributed by atoms with Gasteiger partial charge in [-0.1, -0.05) is 35.5 Å². The minimum atomic E-state index is 0.118. The van der Waals surface area contributed by atoms with Crippen LogP contribution in [-0.4, -0.2) is 23.7 Å². The third-order valence-electron chi connectivity index (χ3n) is 2.45. The summed E-state index contributed by atoms with van der Waals surface area (Å²) in [6, 6.07) is 10.2. The van der Waals surface area contributed by atoms with Crippen LogP contribution in [0.4, 0.5) is 0 Å². The molecule has 0 amide bonds. The third kappa shape index (κ3) is 2.28. The zero-order chi connectivity index (χ0) is 11.4. The Hall–Kier alpha value is -1.68. The standard InChI is InChI=1S/C12H15N3O/c1-9-14-12(16-15-9)11(8-13-2)10-6-4-3-5-7-10/h3-7,11,13H,8H2,1-2H3. The van der Waals surface area contributed by atoms with Crippen LogP contribution in [0.1, 0.15) is 23.2 Å². The van der Waals surface area contributed by atoms with Gasteiger partial charge in [0.15, 0.2) is 5.82 Å². The van der Waals surface area contributed by atoms with E-state index in [0.29, 0.717) is 11.7 Å². The molecule has 0 radical (unpaired) electrons. The lowest BCUT2D eigenvalue weighted by molar-refractivity contribution is 0.360. The number of aromatic nitrogens is 2. The van der Waals surface area contributed by atoms with Crippen molar-refractivity contribution >= 4 is 0 Å². The predicted molar refractivity (Wildman–Crippen MR) is 61.2 cm³/mol. The van der Waals surface area contributed by atoms with E-state index in [0.717, 1.165) is 6.54 Å². The molecule has 0 spiro atoms. The van der Waals surface area contributed by atoms with E-state index < -0.39 is 0 Å². The maximum atomic E-state index is 5.23. The van der Waals surface area contributed by atoms with E-state index in [4.69, 9.17) is 4.52 Å². The number of benzene rings is 1. The number of rotatable bonds is 4. The number of aryl methyl sites for hydroxylation is 1. The van der Waals surface area contributed by atoms with Crippen LogP contribution in [0, 0.1) is 6.92 Å². The fourth-order valence-electron chi connectivity index (χ4n) is 1.69. The molecule has 0 aliphatic rings. The second-order valence-corrected chi connectivity index (χ2v) is 3.70. The summed E-state index contributed by atoms with van der Waals surface area (Å²) in [6.07, 6.45) is 0. The highest BCUT2D eigenvalue weighted by Gasteiger charge is 2.19.